The van der Waals surface area contributed by atoms with Crippen molar-refractivity contribution in [3.8, 4) is 0 Å². The molecule has 0 bridgehead atoms. The van der Waals surface area contributed by atoms with Crippen molar-refractivity contribution in [3.63, 3.8) is 0 Å². The minimum atomic E-state index is -0.507. The zero-order valence-corrected chi connectivity index (χ0v) is 10.8. The summed E-state index contributed by atoms with van der Waals surface area (Å²) in [5, 5.41) is 9.68. The zero-order chi connectivity index (χ0) is 11.8. The second kappa shape index (κ2) is 7.73. The molecule has 5 heteroatoms. The van der Waals surface area contributed by atoms with Crippen molar-refractivity contribution in [1.29, 1.82) is 0 Å². The largest absolute Gasteiger partial charge is 0.390 e. The Bertz CT molecular complexity index is 309. The van der Waals surface area contributed by atoms with E-state index < -0.39 is 6.10 Å². The highest BCUT2D eigenvalue weighted by molar-refractivity contribution is 9.10. The maximum atomic E-state index is 9.68. The normalized spacial score (nSPS) is 12.7. The van der Waals surface area contributed by atoms with Crippen LogP contribution in [0.4, 0.5) is 0 Å². The van der Waals surface area contributed by atoms with Gasteiger partial charge in [-0.15, -0.1) is 0 Å². The number of hydrogen-bond donors (Lipinski definition) is 1. The second-order valence-corrected chi connectivity index (χ2v) is 4.35. The van der Waals surface area contributed by atoms with Crippen LogP contribution in [0.25, 0.3) is 0 Å². The molecule has 0 amide bonds. The predicted molar refractivity (Wildman–Crippen MR) is 64.3 cm³/mol. The number of aromatic nitrogens is 1. The maximum Gasteiger partial charge on any atom is 0.0814 e. The molecular weight excluding hydrogens is 274 g/mol. The molecule has 1 rings (SSSR count). The summed E-state index contributed by atoms with van der Waals surface area (Å²) in [6.45, 7) is 1.37. The predicted octanol–water partition coefficient (Wildman–Crippen LogP) is 1.41. The molecular formula is C11H16BrNO3. The van der Waals surface area contributed by atoms with Crippen LogP contribution >= 0.6 is 15.9 Å². The second-order valence-electron chi connectivity index (χ2n) is 3.44. The van der Waals surface area contributed by atoms with E-state index in [0.29, 0.717) is 26.2 Å². The number of pyridine rings is 1. The Kier molecular flexibility index (Phi) is 6.56. The Balaban J connectivity index is 2.25. The molecule has 1 heterocycles. The molecule has 0 saturated heterocycles. The number of aliphatic hydroxyl groups excluding tert-OH is 1. The summed E-state index contributed by atoms with van der Waals surface area (Å²) < 4.78 is 11.0. The van der Waals surface area contributed by atoms with Crippen LogP contribution in [0.3, 0.4) is 0 Å². The summed E-state index contributed by atoms with van der Waals surface area (Å²) in [6, 6.07) is 1.94. The molecule has 0 aromatic carbocycles. The summed E-state index contributed by atoms with van der Waals surface area (Å²) in [4.78, 5) is 4.03. The molecule has 0 fully saturated rings. The van der Waals surface area contributed by atoms with E-state index in [-0.39, 0.29) is 0 Å². The fraction of sp³-hybridized carbons (Fsp3) is 0.545. The van der Waals surface area contributed by atoms with Gasteiger partial charge in [0.05, 0.1) is 25.9 Å². The molecule has 16 heavy (non-hydrogen) atoms. The van der Waals surface area contributed by atoms with Gasteiger partial charge in [0.2, 0.25) is 0 Å². The van der Waals surface area contributed by atoms with Gasteiger partial charge >= 0.3 is 0 Å². The monoisotopic (exact) mass is 289 g/mol. The average Bonchev–Trinajstić information content (AvgIpc) is 2.24. The van der Waals surface area contributed by atoms with E-state index in [9.17, 15) is 5.11 Å². The smallest absolute Gasteiger partial charge is 0.0814 e. The minimum Gasteiger partial charge on any atom is -0.390 e. The lowest BCUT2D eigenvalue weighted by molar-refractivity contribution is 0.0137. The van der Waals surface area contributed by atoms with Crippen molar-refractivity contribution >= 4 is 15.9 Å². The van der Waals surface area contributed by atoms with Crippen molar-refractivity contribution < 1.29 is 14.6 Å². The van der Waals surface area contributed by atoms with Gasteiger partial charge < -0.3 is 14.6 Å². The van der Waals surface area contributed by atoms with Gasteiger partial charge in [0.25, 0.3) is 0 Å². The van der Waals surface area contributed by atoms with E-state index in [1.165, 1.54) is 0 Å². The van der Waals surface area contributed by atoms with Crippen LogP contribution in [0.5, 0.6) is 0 Å². The van der Waals surface area contributed by atoms with Gasteiger partial charge in [-0.3, -0.25) is 4.98 Å². The fourth-order valence-corrected chi connectivity index (χ4v) is 1.67. The summed E-state index contributed by atoms with van der Waals surface area (Å²) in [5.74, 6) is 0. The van der Waals surface area contributed by atoms with Gasteiger partial charge in [0.1, 0.15) is 0 Å². The Hall–Kier alpha value is -0.490. The topological polar surface area (TPSA) is 51.6 Å². The number of aliphatic hydroxyl groups is 1. The summed E-state index contributed by atoms with van der Waals surface area (Å²) in [5.41, 5.74) is 0.984. The number of hydrogen-bond acceptors (Lipinski definition) is 4. The van der Waals surface area contributed by atoms with Gasteiger partial charge in [-0.2, -0.15) is 0 Å². The van der Waals surface area contributed by atoms with Crippen LogP contribution in [0.1, 0.15) is 5.56 Å². The van der Waals surface area contributed by atoms with Crippen LogP contribution in [0, 0.1) is 0 Å². The summed E-state index contributed by atoms with van der Waals surface area (Å²) in [7, 11) is 1.62. The highest BCUT2D eigenvalue weighted by Gasteiger charge is 2.06. The molecule has 1 N–H and O–H groups in total. The third-order valence-corrected chi connectivity index (χ3v) is 2.41. The van der Waals surface area contributed by atoms with Crippen molar-refractivity contribution in [2.45, 2.75) is 12.5 Å². The van der Waals surface area contributed by atoms with Crippen LogP contribution in [0.2, 0.25) is 0 Å². The molecule has 4 nitrogen and oxygen atoms in total. The van der Waals surface area contributed by atoms with E-state index in [2.05, 4.69) is 20.9 Å². The molecule has 0 aliphatic carbocycles. The molecule has 90 valence electrons. The van der Waals surface area contributed by atoms with E-state index >= 15 is 0 Å². The Morgan fingerprint density at radius 2 is 2.25 bits per heavy atom. The number of rotatable bonds is 7. The average molecular weight is 290 g/mol. The Morgan fingerprint density at radius 3 is 2.94 bits per heavy atom. The molecule has 0 aliphatic rings. The lowest BCUT2D eigenvalue weighted by Crippen LogP contribution is -2.19. The van der Waals surface area contributed by atoms with Crippen molar-refractivity contribution in [1.82, 2.24) is 4.98 Å². The van der Waals surface area contributed by atoms with Gasteiger partial charge in [0.15, 0.2) is 0 Å². The van der Waals surface area contributed by atoms with Crippen LogP contribution in [0.15, 0.2) is 22.9 Å². The quantitative estimate of drug-likeness (QED) is 0.771. The first-order valence-electron chi connectivity index (χ1n) is 5.06. The highest BCUT2D eigenvalue weighted by Crippen LogP contribution is 2.11. The van der Waals surface area contributed by atoms with Crippen LogP contribution in [-0.2, 0) is 15.9 Å². The number of halogens is 1. The molecule has 1 aromatic rings. The fourth-order valence-electron chi connectivity index (χ4n) is 1.26. The molecule has 0 spiro atoms. The zero-order valence-electron chi connectivity index (χ0n) is 9.23. The molecule has 1 aromatic heterocycles. The van der Waals surface area contributed by atoms with E-state index in [4.69, 9.17) is 9.47 Å². The first-order chi connectivity index (χ1) is 7.72. The van der Waals surface area contributed by atoms with Crippen LogP contribution < -0.4 is 0 Å². The number of nitrogens with zero attached hydrogens (tertiary/aromatic N) is 1. The first-order valence-corrected chi connectivity index (χ1v) is 5.86. The van der Waals surface area contributed by atoms with Gasteiger partial charge in [-0.05, 0) is 27.6 Å². The van der Waals surface area contributed by atoms with E-state index in [1.54, 1.807) is 19.5 Å². The standard InChI is InChI=1S/C11H16BrNO3/c1-15-2-3-16-8-11(14)5-9-4-10(12)7-13-6-9/h4,6-7,11,14H,2-3,5,8H2,1H3. The SMILES string of the molecule is COCCOCC(O)Cc1cncc(Br)c1. The van der Waals surface area contributed by atoms with Crippen molar-refractivity contribution in [3.05, 3.63) is 28.5 Å². The third kappa shape index (κ3) is 5.55. The molecule has 1 unspecified atom stereocenters. The molecule has 0 aliphatic heterocycles. The first kappa shape index (κ1) is 13.6. The lowest BCUT2D eigenvalue weighted by atomic mass is 10.1. The van der Waals surface area contributed by atoms with Gasteiger partial charge in [-0.1, -0.05) is 0 Å². The van der Waals surface area contributed by atoms with Crippen LogP contribution in [-0.4, -0.2) is 43.1 Å². The van der Waals surface area contributed by atoms with Gasteiger partial charge in [-0.25, -0.2) is 0 Å². The molecule has 0 saturated carbocycles. The highest BCUT2D eigenvalue weighted by atomic mass is 79.9. The molecule has 1 atom stereocenters. The Labute approximate surface area is 104 Å². The van der Waals surface area contributed by atoms with E-state index in [0.717, 1.165) is 10.0 Å². The van der Waals surface area contributed by atoms with Crippen molar-refractivity contribution in [2.24, 2.45) is 0 Å². The van der Waals surface area contributed by atoms with Crippen molar-refractivity contribution in [2.75, 3.05) is 26.9 Å². The number of ether oxygens (including phenoxy) is 2. The van der Waals surface area contributed by atoms with E-state index in [1.807, 2.05) is 6.07 Å². The third-order valence-electron chi connectivity index (χ3n) is 1.97. The summed E-state index contributed by atoms with van der Waals surface area (Å²) >= 11 is 3.33. The Morgan fingerprint density at radius 1 is 1.44 bits per heavy atom. The minimum absolute atomic E-state index is 0.315. The lowest BCUT2D eigenvalue weighted by Gasteiger charge is -2.11. The van der Waals surface area contributed by atoms with Gasteiger partial charge in [0, 0.05) is 30.4 Å². The maximum absolute atomic E-state index is 9.68. The number of methoxy groups -OCH3 is 1. The molecule has 0 radical (unpaired) electrons. The summed E-state index contributed by atoms with van der Waals surface area (Å²) in [6.07, 6.45) is 3.49.